The fraction of sp³-hybridized carbons (Fsp3) is 1.00. The average Bonchev–Trinajstić information content (AvgIpc) is 2.40. The van der Waals surface area contributed by atoms with Crippen LogP contribution in [0.5, 0.6) is 0 Å². The molecule has 0 aromatic carbocycles. The summed E-state index contributed by atoms with van der Waals surface area (Å²) in [6, 6.07) is 0.651. The summed E-state index contributed by atoms with van der Waals surface area (Å²) >= 11 is 0. The molecule has 3 atom stereocenters. The molecule has 3 unspecified atom stereocenters. The van der Waals surface area contributed by atoms with Crippen molar-refractivity contribution in [1.29, 1.82) is 0 Å². The van der Waals surface area contributed by atoms with Gasteiger partial charge in [0.25, 0.3) is 0 Å². The zero-order valence-corrected chi connectivity index (χ0v) is 11.5. The Kier molecular flexibility index (Phi) is 5.22. The SMILES string of the molecule is CCC1(C)CN(CC(C)OC)C(C)CCN1. The molecule has 0 aliphatic carbocycles. The minimum atomic E-state index is 0.262. The summed E-state index contributed by atoms with van der Waals surface area (Å²) in [6.45, 7) is 12.4. The van der Waals surface area contributed by atoms with Crippen LogP contribution in [0.3, 0.4) is 0 Å². The third kappa shape index (κ3) is 3.72. The van der Waals surface area contributed by atoms with Crippen LogP contribution >= 0.6 is 0 Å². The highest BCUT2D eigenvalue weighted by Crippen LogP contribution is 2.19. The summed E-state index contributed by atoms with van der Waals surface area (Å²) in [5.74, 6) is 0. The molecule has 3 heteroatoms. The first kappa shape index (κ1) is 13.9. The standard InChI is InChI=1S/C13H28N2O/c1-6-13(4)10-15(9-12(3)16-5)11(2)7-8-14-13/h11-12,14H,6-10H2,1-5H3. The molecule has 3 nitrogen and oxygen atoms in total. The van der Waals surface area contributed by atoms with Crippen LogP contribution in [0.2, 0.25) is 0 Å². The van der Waals surface area contributed by atoms with Crippen LogP contribution in [0.4, 0.5) is 0 Å². The predicted octanol–water partition coefficient (Wildman–Crippen LogP) is 1.87. The molecule has 0 aromatic rings. The van der Waals surface area contributed by atoms with Gasteiger partial charge in [-0.3, -0.25) is 4.90 Å². The molecule has 0 radical (unpaired) electrons. The zero-order chi connectivity index (χ0) is 12.2. The van der Waals surface area contributed by atoms with Crippen LogP contribution in [0.1, 0.15) is 40.5 Å². The molecule has 1 aliphatic rings. The first-order chi connectivity index (χ1) is 7.50. The van der Waals surface area contributed by atoms with Crippen LogP contribution < -0.4 is 5.32 Å². The van der Waals surface area contributed by atoms with E-state index in [0.717, 1.165) is 19.6 Å². The molecule has 0 aromatic heterocycles. The fourth-order valence-electron chi connectivity index (χ4n) is 2.31. The number of rotatable bonds is 4. The van der Waals surface area contributed by atoms with Gasteiger partial charge >= 0.3 is 0 Å². The van der Waals surface area contributed by atoms with Crippen molar-refractivity contribution in [2.45, 2.75) is 58.2 Å². The van der Waals surface area contributed by atoms with Gasteiger partial charge in [-0.05, 0) is 40.2 Å². The molecule has 0 amide bonds. The summed E-state index contributed by atoms with van der Waals surface area (Å²) in [7, 11) is 1.80. The van der Waals surface area contributed by atoms with Gasteiger partial charge in [0.1, 0.15) is 0 Å². The topological polar surface area (TPSA) is 24.5 Å². The van der Waals surface area contributed by atoms with Gasteiger partial charge in [-0.2, -0.15) is 0 Å². The molecular weight excluding hydrogens is 200 g/mol. The molecule has 0 bridgehead atoms. The third-order valence-corrected chi connectivity index (χ3v) is 3.96. The molecule has 96 valence electrons. The van der Waals surface area contributed by atoms with E-state index in [1.165, 1.54) is 12.8 Å². The molecule has 1 rings (SSSR count). The highest BCUT2D eigenvalue weighted by molar-refractivity contribution is 4.90. The van der Waals surface area contributed by atoms with E-state index in [1.807, 2.05) is 0 Å². The first-order valence-electron chi connectivity index (χ1n) is 6.52. The molecule has 1 N–H and O–H groups in total. The van der Waals surface area contributed by atoms with E-state index < -0.39 is 0 Å². The number of ether oxygens (including phenoxy) is 1. The average molecular weight is 228 g/mol. The van der Waals surface area contributed by atoms with Gasteiger partial charge in [0.05, 0.1) is 6.10 Å². The van der Waals surface area contributed by atoms with Crippen molar-refractivity contribution in [3.05, 3.63) is 0 Å². The maximum atomic E-state index is 5.38. The van der Waals surface area contributed by atoms with E-state index in [9.17, 15) is 0 Å². The van der Waals surface area contributed by atoms with Crippen LogP contribution in [0.25, 0.3) is 0 Å². The van der Waals surface area contributed by atoms with Crippen molar-refractivity contribution in [1.82, 2.24) is 10.2 Å². The lowest BCUT2D eigenvalue weighted by molar-refractivity contribution is 0.0553. The normalized spacial score (nSPS) is 34.7. The number of nitrogens with one attached hydrogen (secondary N) is 1. The van der Waals surface area contributed by atoms with Crippen LogP contribution in [-0.2, 0) is 4.74 Å². The van der Waals surface area contributed by atoms with Crippen molar-refractivity contribution in [2.75, 3.05) is 26.7 Å². The lowest BCUT2D eigenvalue weighted by Gasteiger charge is -2.36. The quantitative estimate of drug-likeness (QED) is 0.795. The maximum absolute atomic E-state index is 5.38. The smallest absolute Gasteiger partial charge is 0.0670 e. The number of hydrogen-bond acceptors (Lipinski definition) is 3. The second kappa shape index (κ2) is 5.99. The van der Waals surface area contributed by atoms with Gasteiger partial charge in [-0.25, -0.2) is 0 Å². The van der Waals surface area contributed by atoms with E-state index in [-0.39, 0.29) is 5.54 Å². The Morgan fingerprint density at radius 2 is 2.25 bits per heavy atom. The van der Waals surface area contributed by atoms with E-state index >= 15 is 0 Å². The summed E-state index contributed by atoms with van der Waals surface area (Å²) in [6.07, 6.45) is 2.73. The van der Waals surface area contributed by atoms with E-state index in [2.05, 4.69) is 37.9 Å². The van der Waals surface area contributed by atoms with Crippen molar-refractivity contribution in [2.24, 2.45) is 0 Å². The number of nitrogens with zero attached hydrogens (tertiary/aromatic N) is 1. The van der Waals surface area contributed by atoms with Gasteiger partial charge in [-0.15, -0.1) is 0 Å². The Balaban J connectivity index is 2.63. The summed E-state index contributed by atoms with van der Waals surface area (Å²) in [5.41, 5.74) is 0.262. The first-order valence-corrected chi connectivity index (χ1v) is 6.52. The minimum Gasteiger partial charge on any atom is -0.380 e. The van der Waals surface area contributed by atoms with E-state index in [4.69, 9.17) is 4.74 Å². The molecule has 1 fully saturated rings. The van der Waals surface area contributed by atoms with Gasteiger partial charge in [0.15, 0.2) is 0 Å². The van der Waals surface area contributed by atoms with Crippen LogP contribution in [0, 0.1) is 0 Å². The zero-order valence-electron chi connectivity index (χ0n) is 11.5. The molecular formula is C13H28N2O. The largest absolute Gasteiger partial charge is 0.380 e. The monoisotopic (exact) mass is 228 g/mol. The molecule has 1 heterocycles. The van der Waals surface area contributed by atoms with E-state index in [0.29, 0.717) is 12.1 Å². The predicted molar refractivity (Wildman–Crippen MR) is 68.8 cm³/mol. The van der Waals surface area contributed by atoms with Crippen molar-refractivity contribution < 1.29 is 4.74 Å². The van der Waals surface area contributed by atoms with Gasteiger partial charge in [0, 0.05) is 31.8 Å². The molecule has 16 heavy (non-hydrogen) atoms. The van der Waals surface area contributed by atoms with Crippen molar-refractivity contribution in [3.63, 3.8) is 0 Å². The maximum Gasteiger partial charge on any atom is 0.0670 e. The van der Waals surface area contributed by atoms with Gasteiger partial charge < -0.3 is 10.1 Å². The lowest BCUT2D eigenvalue weighted by atomic mass is 9.98. The van der Waals surface area contributed by atoms with Gasteiger partial charge in [-0.1, -0.05) is 6.92 Å². The highest BCUT2D eigenvalue weighted by Gasteiger charge is 2.30. The molecule has 1 aliphatic heterocycles. The van der Waals surface area contributed by atoms with Gasteiger partial charge in [0.2, 0.25) is 0 Å². The second-order valence-electron chi connectivity index (χ2n) is 5.45. The Morgan fingerprint density at radius 1 is 1.56 bits per heavy atom. The van der Waals surface area contributed by atoms with Crippen molar-refractivity contribution >= 4 is 0 Å². The highest BCUT2D eigenvalue weighted by atomic mass is 16.5. The van der Waals surface area contributed by atoms with Crippen LogP contribution in [-0.4, -0.2) is 49.3 Å². The number of methoxy groups -OCH3 is 1. The molecule has 0 spiro atoms. The molecule has 0 saturated carbocycles. The lowest BCUT2D eigenvalue weighted by Crippen LogP contribution is -2.50. The van der Waals surface area contributed by atoms with Crippen LogP contribution in [0.15, 0.2) is 0 Å². The second-order valence-corrected chi connectivity index (χ2v) is 5.45. The van der Waals surface area contributed by atoms with Crippen molar-refractivity contribution in [3.8, 4) is 0 Å². The third-order valence-electron chi connectivity index (χ3n) is 3.96. The number of hydrogen-bond donors (Lipinski definition) is 1. The fourth-order valence-corrected chi connectivity index (χ4v) is 2.31. The summed E-state index contributed by atoms with van der Waals surface area (Å²) < 4.78 is 5.38. The summed E-state index contributed by atoms with van der Waals surface area (Å²) in [4.78, 5) is 2.57. The molecule has 1 saturated heterocycles. The summed E-state index contributed by atoms with van der Waals surface area (Å²) in [5, 5.41) is 3.68. The minimum absolute atomic E-state index is 0.262. The Morgan fingerprint density at radius 3 is 2.81 bits per heavy atom. The van der Waals surface area contributed by atoms with E-state index in [1.54, 1.807) is 7.11 Å². The Hall–Kier alpha value is -0.120. The Bertz CT molecular complexity index is 210. The Labute approximate surface area is 101 Å².